The molecule has 0 fully saturated rings. The number of hydrazine groups is 1. The fourth-order valence-corrected chi connectivity index (χ4v) is 1.87. The van der Waals surface area contributed by atoms with E-state index in [0.29, 0.717) is 23.6 Å². The Kier molecular flexibility index (Phi) is 2.73. The molecule has 0 bridgehead atoms. The highest BCUT2D eigenvalue weighted by atomic mass is 16.4. The number of hydrogen-bond donors (Lipinski definition) is 2. The zero-order valence-electron chi connectivity index (χ0n) is 9.91. The van der Waals surface area contributed by atoms with Crippen molar-refractivity contribution >= 4 is 17.0 Å². The maximum atomic E-state index is 11.8. The maximum absolute atomic E-state index is 11.8. The number of nitrogens with zero attached hydrogens (tertiary/aromatic N) is 3. The van der Waals surface area contributed by atoms with Gasteiger partial charge in [0, 0.05) is 12.4 Å². The van der Waals surface area contributed by atoms with Crippen molar-refractivity contribution in [3.8, 4) is 0 Å². The van der Waals surface area contributed by atoms with Gasteiger partial charge in [0.15, 0.2) is 11.2 Å². The standard InChI is InChI=1S/C12H11N5O2/c13-16-10-6-8(3-5-14-10)7-17-11-9(19-12(17)18)2-1-4-15-11/h1-6H,7,13H2,(H,14,16). The molecule has 0 spiro atoms. The monoisotopic (exact) mass is 257 g/mol. The average molecular weight is 257 g/mol. The van der Waals surface area contributed by atoms with Crippen molar-refractivity contribution in [2.24, 2.45) is 5.84 Å². The van der Waals surface area contributed by atoms with E-state index in [2.05, 4.69) is 15.4 Å². The largest absolute Gasteiger partial charge is 0.421 e. The Bertz CT molecular complexity index is 777. The van der Waals surface area contributed by atoms with Gasteiger partial charge in [-0.05, 0) is 29.8 Å². The first-order valence-corrected chi connectivity index (χ1v) is 5.64. The predicted octanol–water partition coefficient (Wildman–Crippen LogP) is 0.718. The number of pyridine rings is 2. The van der Waals surface area contributed by atoms with Crippen LogP contribution in [0.2, 0.25) is 0 Å². The highest BCUT2D eigenvalue weighted by Gasteiger charge is 2.10. The molecule has 0 aromatic carbocycles. The van der Waals surface area contributed by atoms with E-state index in [1.165, 1.54) is 4.57 Å². The molecule has 0 amide bonds. The molecule has 3 rings (SSSR count). The number of aromatic nitrogens is 3. The predicted molar refractivity (Wildman–Crippen MR) is 69.4 cm³/mol. The molecular weight excluding hydrogens is 246 g/mol. The van der Waals surface area contributed by atoms with Crippen molar-refractivity contribution in [2.75, 3.05) is 5.43 Å². The van der Waals surface area contributed by atoms with Gasteiger partial charge in [-0.25, -0.2) is 20.6 Å². The molecule has 3 heterocycles. The minimum absolute atomic E-state index is 0.347. The zero-order valence-corrected chi connectivity index (χ0v) is 9.91. The molecule has 0 saturated heterocycles. The molecule has 0 aliphatic heterocycles. The first-order valence-electron chi connectivity index (χ1n) is 5.64. The lowest BCUT2D eigenvalue weighted by Gasteiger charge is -2.04. The quantitative estimate of drug-likeness (QED) is 0.530. The fraction of sp³-hybridized carbons (Fsp3) is 0.0833. The van der Waals surface area contributed by atoms with Crippen molar-refractivity contribution < 1.29 is 4.42 Å². The van der Waals surface area contributed by atoms with Crippen LogP contribution in [0.25, 0.3) is 11.2 Å². The van der Waals surface area contributed by atoms with Crippen LogP contribution in [0.15, 0.2) is 45.9 Å². The van der Waals surface area contributed by atoms with E-state index in [9.17, 15) is 4.79 Å². The Hall–Kier alpha value is -2.67. The van der Waals surface area contributed by atoms with Gasteiger partial charge in [0.1, 0.15) is 5.82 Å². The number of nitrogen functional groups attached to an aromatic ring is 1. The van der Waals surface area contributed by atoms with Crippen LogP contribution in [0.4, 0.5) is 5.82 Å². The maximum Gasteiger partial charge on any atom is 0.421 e. The second-order valence-corrected chi connectivity index (χ2v) is 3.97. The highest BCUT2D eigenvalue weighted by Crippen LogP contribution is 2.12. The van der Waals surface area contributed by atoms with E-state index in [1.807, 2.05) is 0 Å². The third kappa shape index (κ3) is 2.06. The number of nitrogens with two attached hydrogens (primary N) is 1. The van der Waals surface area contributed by atoms with Gasteiger partial charge in [0.2, 0.25) is 0 Å². The second kappa shape index (κ2) is 4.54. The summed E-state index contributed by atoms with van der Waals surface area (Å²) in [5.74, 6) is 5.40. The Morgan fingerprint density at radius 1 is 1.32 bits per heavy atom. The molecule has 0 saturated carbocycles. The average Bonchev–Trinajstić information content (AvgIpc) is 2.76. The minimum atomic E-state index is -0.437. The zero-order chi connectivity index (χ0) is 13.2. The van der Waals surface area contributed by atoms with Gasteiger partial charge >= 0.3 is 5.76 Å². The molecule has 3 aromatic heterocycles. The van der Waals surface area contributed by atoms with E-state index in [-0.39, 0.29) is 0 Å². The van der Waals surface area contributed by atoms with Crippen LogP contribution in [0.3, 0.4) is 0 Å². The van der Waals surface area contributed by atoms with Gasteiger partial charge in [-0.15, -0.1) is 0 Å². The smallest absolute Gasteiger partial charge is 0.406 e. The van der Waals surface area contributed by atoms with Crippen LogP contribution in [0, 0.1) is 0 Å². The summed E-state index contributed by atoms with van der Waals surface area (Å²) in [4.78, 5) is 20.0. The lowest BCUT2D eigenvalue weighted by molar-refractivity contribution is 0.517. The summed E-state index contributed by atoms with van der Waals surface area (Å²) in [6.07, 6.45) is 3.23. The van der Waals surface area contributed by atoms with Gasteiger partial charge in [0.05, 0.1) is 6.54 Å². The van der Waals surface area contributed by atoms with E-state index < -0.39 is 5.76 Å². The van der Waals surface area contributed by atoms with Gasteiger partial charge in [0.25, 0.3) is 0 Å². The molecule has 7 nitrogen and oxygen atoms in total. The van der Waals surface area contributed by atoms with Crippen LogP contribution in [-0.4, -0.2) is 14.5 Å². The third-order valence-electron chi connectivity index (χ3n) is 2.74. The van der Waals surface area contributed by atoms with Crippen molar-refractivity contribution in [1.82, 2.24) is 14.5 Å². The Morgan fingerprint density at radius 3 is 3.05 bits per heavy atom. The Morgan fingerprint density at radius 2 is 2.21 bits per heavy atom. The summed E-state index contributed by atoms with van der Waals surface area (Å²) in [6, 6.07) is 6.99. The fourth-order valence-electron chi connectivity index (χ4n) is 1.87. The number of rotatable bonds is 3. The van der Waals surface area contributed by atoms with Gasteiger partial charge in [-0.3, -0.25) is 4.57 Å². The van der Waals surface area contributed by atoms with Crippen LogP contribution < -0.4 is 17.0 Å². The molecule has 0 atom stereocenters. The number of anilines is 1. The molecule has 7 heteroatoms. The molecule has 3 aromatic rings. The van der Waals surface area contributed by atoms with Crippen LogP contribution in [-0.2, 0) is 6.54 Å². The molecule has 96 valence electrons. The highest BCUT2D eigenvalue weighted by molar-refractivity contribution is 5.67. The SMILES string of the molecule is NNc1cc(Cn2c(=O)oc3cccnc32)ccn1. The van der Waals surface area contributed by atoms with Crippen LogP contribution >= 0.6 is 0 Å². The van der Waals surface area contributed by atoms with Gasteiger partial charge in [-0.2, -0.15) is 0 Å². The minimum Gasteiger partial charge on any atom is -0.406 e. The number of hydrogen-bond acceptors (Lipinski definition) is 6. The number of fused-ring (bicyclic) bond motifs is 1. The normalized spacial score (nSPS) is 10.8. The molecule has 19 heavy (non-hydrogen) atoms. The lowest BCUT2D eigenvalue weighted by atomic mass is 10.2. The Balaban J connectivity index is 2.05. The summed E-state index contributed by atoms with van der Waals surface area (Å²) in [6.45, 7) is 0.347. The Labute approximate surface area is 107 Å². The van der Waals surface area contributed by atoms with E-state index in [1.54, 1.807) is 36.7 Å². The van der Waals surface area contributed by atoms with Crippen molar-refractivity contribution in [3.63, 3.8) is 0 Å². The van der Waals surface area contributed by atoms with Crippen molar-refractivity contribution in [1.29, 1.82) is 0 Å². The topological polar surface area (TPSA) is 99.0 Å². The van der Waals surface area contributed by atoms with Gasteiger partial charge < -0.3 is 9.84 Å². The van der Waals surface area contributed by atoms with E-state index in [4.69, 9.17) is 10.3 Å². The number of nitrogens with one attached hydrogen (secondary N) is 1. The van der Waals surface area contributed by atoms with Crippen molar-refractivity contribution in [3.05, 3.63) is 52.8 Å². The first-order chi connectivity index (χ1) is 9.28. The molecular formula is C12H11N5O2. The summed E-state index contributed by atoms with van der Waals surface area (Å²) in [7, 11) is 0. The van der Waals surface area contributed by atoms with Crippen molar-refractivity contribution in [2.45, 2.75) is 6.54 Å². The van der Waals surface area contributed by atoms with E-state index >= 15 is 0 Å². The molecule has 0 unspecified atom stereocenters. The molecule has 0 aliphatic carbocycles. The van der Waals surface area contributed by atoms with Gasteiger partial charge in [-0.1, -0.05) is 0 Å². The second-order valence-electron chi connectivity index (χ2n) is 3.97. The summed E-state index contributed by atoms with van der Waals surface area (Å²) < 4.78 is 6.58. The van der Waals surface area contributed by atoms with E-state index in [0.717, 1.165) is 5.56 Å². The summed E-state index contributed by atoms with van der Waals surface area (Å²) in [5.41, 5.74) is 4.33. The van der Waals surface area contributed by atoms with Crippen LogP contribution in [0.1, 0.15) is 5.56 Å². The van der Waals surface area contributed by atoms with Crippen LogP contribution in [0.5, 0.6) is 0 Å². The lowest BCUT2D eigenvalue weighted by Crippen LogP contribution is -2.16. The number of oxazole rings is 1. The summed E-state index contributed by atoms with van der Waals surface area (Å²) >= 11 is 0. The first kappa shape index (κ1) is 11.4. The molecule has 0 aliphatic rings. The molecule has 0 radical (unpaired) electrons. The summed E-state index contributed by atoms with van der Waals surface area (Å²) in [5, 5.41) is 0. The third-order valence-corrected chi connectivity index (χ3v) is 2.74. The molecule has 3 N–H and O–H groups in total.